The van der Waals surface area contributed by atoms with Crippen LogP contribution in [0, 0.1) is 11.1 Å². The number of nitrogens with zero attached hydrogens (tertiary/aromatic N) is 3. The Bertz CT molecular complexity index is 472. The number of quaternary nitrogens is 1. The summed E-state index contributed by atoms with van der Waals surface area (Å²) in [5.41, 5.74) is 1.20. The lowest BCUT2D eigenvalue weighted by Crippen LogP contribution is -2.63. The lowest BCUT2D eigenvalue weighted by Gasteiger charge is -2.55. The smallest absolute Gasteiger partial charge is 0.154 e. The van der Waals surface area contributed by atoms with Crippen molar-refractivity contribution >= 4 is 5.69 Å². The molecule has 1 aromatic carbocycles. The molecule has 4 heterocycles. The molecule has 4 heteroatoms. The lowest BCUT2D eigenvalue weighted by molar-refractivity contribution is -0.898. The quantitative estimate of drug-likeness (QED) is 0.608. The average molecular weight is 273 g/mol. The Morgan fingerprint density at radius 2 is 1.80 bits per heavy atom. The van der Waals surface area contributed by atoms with Gasteiger partial charge in [-0.05, 0) is 38.1 Å². The SMILES string of the molecule is [O-][N+]1(C2CN3CCC2CC3)CCN(c2ccccc2)C1. The molecule has 0 N–H and O–H groups in total. The minimum absolute atomic E-state index is 0.00998. The molecular formula is C16H23N3O. The Labute approximate surface area is 120 Å². The van der Waals surface area contributed by atoms with Crippen LogP contribution in [0.2, 0.25) is 0 Å². The second-order valence-electron chi connectivity index (χ2n) is 6.62. The van der Waals surface area contributed by atoms with Gasteiger partial charge in [-0.2, -0.15) is 0 Å². The van der Waals surface area contributed by atoms with E-state index in [1.165, 1.54) is 31.6 Å². The van der Waals surface area contributed by atoms with Crippen molar-refractivity contribution in [3.8, 4) is 0 Å². The number of hydroxylamine groups is 3. The van der Waals surface area contributed by atoms with Crippen LogP contribution in [0.25, 0.3) is 0 Å². The molecule has 0 saturated carbocycles. The number of fused-ring (bicyclic) bond motifs is 3. The van der Waals surface area contributed by atoms with Crippen LogP contribution in [0.4, 0.5) is 5.69 Å². The van der Waals surface area contributed by atoms with E-state index in [2.05, 4.69) is 34.1 Å². The largest absolute Gasteiger partial charge is 0.631 e. The van der Waals surface area contributed by atoms with Crippen LogP contribution in [-0.4, -0.2) is 55.0 Å². The maximum absolute atomic E-state index is 13.3. The van der Waals surface area contributed by atoms with Gasteiger partial charge in [0.05, 0.1) is 19.6 Å². The number of benzene rings is 1. The van der Waals surface area contributed by atoms with Crippen molar-refractivity contribution in [2.24, 2.45) is 5.92 Å². The third kappa shape index (κ3) is 2.03. The van der Waals surface area contributed by atoms with Crippen LogP contribution in [0.5, 0.6) is 0 Å². The normalized spacial score (nSPS) is 40.2. The number of para-hydroxylation sites is 1. The number of anilines is 1. The van der Waals surface area contributed by atoms with Gasteiger partial charge in [-0.15, -0.1) is 0 Å². The highest BCUT2D eigenvalue weighted by molar-refractivity contribution is 5.46. The molecule has 4 saturated heterocycles. The molecule has 108 valence electrons. The predicted octanol–water partition coefficient (Wildman–Crippen LogP) is 1.87. The van der Waals surface area contributed by atoms with E-state index in [-0.39, 0.29) is 4.65 Å². The van der Waals surface area contributed by atoms with Gasteiger partial charge in [0.25, 0.3) is 0 Å². The summed E-state index contributed by atoms with van der Waals surface area (Å²) in [5.74, 6) is 0.660. The first-order chi connectivity index (χ1) is 9.74. The molecule has 0 aromatic heterocycles. The molecule has 1 aromatic rings. The Hall–Kier alpha value is -1.10. The van der Waals surface area contributed by atoms with E-state index in [0.29, 0.717) is 18.6 Å². The second kappa shape index (κ2) is 4.72. The fraction of sp³-hybridized carbons (Fsp3) is 0.625. The third-order valence-corrected chi connectivity index (χ3v) is 5.51. The molecule has 2 unspecified atom stereocenters. The average Bonchev–Trinajstić information content (AvgIpc) is 2.93. The number of piperidine rings is 3. The molecule has 2 atom stereocenters. The molecular weight excluding hydrogens is 250 g/mol. The minimum Gasteiger partial charge on any atom is -0.631 e. The van der Waals surface area contributed by atoms with E-state index in [1.807, 2.05) is 6.07 Å². The maximum Gasteiger partial charge on any atom is 0.154 e. The number of hydrogen-bond donors (Lipinski definition) is 0. The first-order valence-electron chi connectivity index (χ1n) is 7.85. The van der Waals surface area contributed by atoms with Crippen LogP contribution >= 0.6 is 0 Å². The Kier molecular flexibility index (Phi) is 2.98. The van der Waals surface area contributed by atoms with Crippen LogP contribution in [-0.2, 0) is 0 Å². The van der Waals surface area contributed by atoms with Crippen molar-refractivity contribution in [1.82, 2.24) is 4.90 Å². The number of hydrogen-bond acceptors (Lipinski definition) is 3. The minimum atomic E-state index is 0.00998. The summed E-state index contributed by atoms with van der Waals surface area (Å²) in [6, 6.07) is 10.7. The van der Waals surface area contributed by atoms with Crippen LogP contribution < -0.4 is 4.90 Å². The van der Waals surface area contributed by atoms with Gasteiger partial charge >= 0.3 is 0 Å². The molecule has 4 fully saturated rings. The summed E-state index contributed by atoms with van der Waals surface area (Å²) < 4.78 is 0.00998. The van der Waals surface area contributed by atoms with Gasteiger partial charge in [0, 0.05) is 11.6 Å². The van der Waals surface area contributed by atoms with Gasteiger partial charge in [-0.3, -0.25) is 4.90 Å². The van der Waals surface area contributed by atoms with Gasteiger partial charge < -0.3 is 14.8 Å². The maximum atomic E-state index is 13.3. The van der Waals surface area contributed by atoms with Gasteiger partial charge in [-0.25, -0.2) is 0 Å². The van der Waals surface area contributed by atoms with E-state index in [0.717, 1.165) is 19.6 Å². The summed E-state index contributed by atoms with van der Waals surface area (Å²) in [7, 11) is 0. The highest BCUT2D eigenvalue weighted by Crippen LogP contribution is 2.36. The summed E-state index contributed by atoms with van der Waals surface area (Å²) in [5, 5.41) is 13.3. The summed E-state index contributed by atoms with van der Waals surface area (Å²) in [6.07, 6.45) is 2.47. The van der Waals surface area contributed by atoms with Gasteiger partial charge in [0.2, 0.25) is 0 Å². The van der Waals surface area contributed by atoms with Crippen molar-refractivity contribution in [2.75, 3.05) is 44.3 Å². The van der Waals surface area contributed by atoms with E-state index < -0.39 is 0 Å². The first kappa shape index (κ1) is 12.6. The highest BCUT2D eigenvalue weighted by atomic mass is 16.6. The van der Waals surface area contributed by atoms with Crippen molar-refractivity contribution in [3.05, 3.63) is 35.5 Å². The van der Waals surface area contributed by atoms with E-state index >= 15 is 0 Å². The second-order valence-corrected chi connectivity index (χ2v) is 6.62. The van der Waals surface area contributed by atoms with Crippen LogP contribution in [0.3, 0.4) is 0 Å². The van der Waals surface area contributed by atoms with E-state index in [1.54, 1.807) is 0 Å². The van der Waals surface area contributed by atoms with Crippen molar-refractivity contribution in [1.29, 1.82) is 0 Å². The molecule has 2 bridgehead atoms. The molecule has 0 spiro atoms. The standard InChI is InChI=1S/C16H23N3O/c20-19(16-12-17-8-6-14(16)7-9-17)11-10-18(13-19)15-4-2-1-3-5-15/h1-5,14,16H,6-13H2. The van der Waals surface area contributed by atoms with Crippen molar-refractivity contribution < 1.29 is 4.65 Å². The Morgan fingerprint density at radius 1 is 1.05 bits per heavy atom. The molecule has 5 rings (SSSR count). The Morgan fingerprint density at radius 3 is 2.45 bits per heavy atom. The summed E-state index contributed by atoms with van der Waals surface area (Å²) >= 11 is 0. The van der Waals surface area contributed by atoms with Crippen LogP contribution in [0.15, 0.2) is 30.3 Å². The fourth-order valence-electron chi connectivity index (χ4n) is 4.31. The monoisotopic (exact) mass is 273 g/mol. The topological polar surface area (TPSA) is 29.5 Å². The zero-order valence-electron chi connectivity index (χ0n) is 11.9. The van der Waals surface area contributed by atoms with Crippen molar-refractivity contribution in [2.45, 2.75) is 18.9 Å². The van der Waals surface area contributed by atoms with E-state index in [4.69, 9.17) is 0 Å². The summed E-state index contributed by atoms with van der Waals surface area (Å²) in [6.45, 7) is 5.74. The molecule has 4 nitrogen and oxygen atoms in total. The van der Waals surface area contributed by atoms with Gasteiger partial charge in [0.1, 0.15) is 6.04 Å². The molecule has 0 radical (unpaired) electrons. The molecule has 0 aliphatic carbocycles. The third-order valence-electron chi connectivity index (χ3n) is 5.51. The summed E-state index contributed by atoms with van der Waals surface area (Å²) in [4.78, 5) is 4.76. The molecule has 20 heavy (non-hydrogen) atoms. The highest BCUT2D eigenvalue weighted by Gasteiger charge is 2.46. The number of rotatable bonds is 2. The molecule has 0 amide bonds. The van der Waals surface area contributed by atoms with Gasteiger partial charge in [-0.1, -0.05) is 18.2 Å². The van der Waals surface area contributed by atoms with E-state index in [9.17, 15) is 5.21 Å². The van der Waals surface area contributed by atoms with Crippen LogP contribution in [0.1, 0.15) is 12.8 Å². The predicted molar refractivity (Wildman–Crippen MR) is 80.1 cm³/mol. The molecule has 4 aliphatic rings. The van der Waals surface area contributed by atoms with Gasteiger partial charge in [0.15, 0.2) is 6.67 Å². The van der Waals surface area contributed by atoms with Crippen molar-refractivity contribution in [3.63, 3.8) is 0 Å². The lowest BCUT2D eigenvalue weighted by atomic mass is 9.83. The molecule has 4 aliphatic heterocycles. The zero-order chi connectivity index (χ0) is 13.6. The Balaban J connectivity index is 1.52. The fourth-order valence-corrected chi connectivity index (χ4v) is 4.31. The zero-order valence-corrected chi connectivity index (χ0v) is 11.9. The first-order valence-corrected chi connectivity index (χ1v) is 7.85.